The molecule has 0 radical (unpaired) electrons. The molecular weight excluding hydrogens is 1380 g/mol. The first kappa shape index (κ1) is 83.5. The van der Waals surface area contributed by atoms with Crippen molar-refractivity contribution in [3.63, 3.8) is 0 Å². The second-order valence-electron chi connectivity index (χ2n) is 24.9. The highest BCUT2D eigenvalue weighted by molar-refractivity contribution is 5.56. The first-order valence-electron chi connectivity index (χ1n) is 31.5. The third-order valence-corrected chi connectivity index (χ3v) is 18.3. The van der Waals surface area contributed by atoms with Crippen LogP contribution in [0.5, 0.6) is 0 Å². The van der Waals surface area contributed by atoms with E-state index in [0.717, 1.165) is 0 Å². The van der Waals surface area contributed by atoms with Crippen molar-refractivity contribution in [1.29, 1.82) is 0 Å². The molecule has 8 rings (SSSR count). The fraction of sp³-hybridized carbons (Fsp3) is 0.981. The van der Waals surface area contributed by atoms with Gasteiger partial charge in [-0.2, -0.15) is 0 Å². The van der Waals surface area contributed by atoms with Crippen LogP contribution in [0, 0.1) is 0 Å². The lowest BCUT2D eigenvalue weighted by molar-refractivity contribution is -0.398. The Morgan fingerprint density at radius 3 is 0.790 bits per heavy atom. The number of rotatable bonds is 29. The van der Waals surface area contributed by atoms with Gasteiger partial charge in [-0.15, -0.1) is 0 Å². The molecule has 0 aromatic rings. The van der Waals surface area contributed by atoms with Gasteiger partial charge in [0.25, 0.3) is 0 Å². The van der Waals surface area contributed by atoms with Crippen LogP contribution in [0.2, 0.25) is 0 Å². The number of hydrogen-bond donors (Lipinski definition) is 29. The van der Waals surface area contributed by atoms with Gasteiger partial charge in [0.15, 0.2) is 56.6 Å². The summed E-state index contributed by atoms with van der Waals surface area (Å²) in [4.78, 5) is 11.2. The zero-order chi connectivity index (χ0) is 73.8. The largest absolute Gasteiger partial charge is 0.394 e. The van der Waals surface area contributed by atoms with E-state index < -0.39 is 330 Å². The van der Waals surface area contributed by atoms with Crippen LogP contribution in [0.3, 0.4) is 0 Å². The van der Waals surface area contributed by atoms with Crippen LogP contribution < -0.4 is 0 Å². The van der Waals surface area contributed by atoms with Gasteiger partial charge in [-0.1, -0.05) is 0 Å². The zero-order valence-corrected chi connectivity index (χ0v) is 52.3. The normalized spacial score (nSPS) is 50.3. The molecule has 29 N–H and O–H groups in total. The summed E-state index contributed by atoms with van der Waals surface area (Å²) in [5.74, 6) is 0. The number of ether oxygens (including phenoxy) is 16. The zero-order valence-electron chi connectivity index (χ0n) is 52.3. The van der Waals surface area contributed by atoms with Crippen LogP contribution in [0.25, 0.3) is 0 Å². The molecule has 0 spiro atoms. The van der Waals surface area contributed by atoms with Crippen LogP contribution in [-0.4, -0.2) is 484 Å². The van der Waals surface area contributed by atoms with Crippen molar-refractivity contribution in [2.75, 3.05) is 59.5 Å². The van der Waals surface area contributed by atoms with Gasteiger partial charge in [0.05, 0.1) is 59.5 Å². The van der Waals surface area contributed by atoms with Gasteiger partial charge in [0.1, 0.15) is 220 Å². The second kappa shape index (κ2) is 36.6. The topological polar surface area (TPSA) is 751 Å². The Balaban J connectivity index is 0.989. The quantitative estimate of drug-likeness (QED) is 0.0309. The maximum Gasteiger partial charge on any atom is 0.187 e. The summed E-state index contributed by atoms with van der Waals surface area (Å²) < 4.78 is 90.3. The molecule has 8 aliphatic heterocycles. The number of aliphatic hydroxyl groups is 29. The van der Waals surface area contributed by atoms with Crippen molar-refractivity contribution >= 4 is 6.29 Å². The van der Waals surface area contributed by atoms with Gasteiger partial charge in [0.2, 0.25) is 0 Å². The van der Waals surface area contributed by atoms with Crippen molar-refractivity contribution < 1.29 is 229 Å². The molecule has 0 unspecified atom stereocenters. The van der Waals surface area contributed by atoms with Gasteiger partial charge in [-0.05, 0) is 0 Å². The molecule has 584 valence electrons. The first-order chi connectivity index (χ1) is 47.4. The summed E-state index contributed by atoms with van der Waals surface area (Å²) in [5.41, 5.74) is 0. The maximum atomic E-state index is 11.9. The SMILES string of the molecule is O=C[C@H](O)[C@@H](O)[C@H](O[C@H]1O[C@H](CO)[C@@H](O[C@H]2O[C@H](CO)[C@@H](O[C@H]3O[C@H](CO[C@H]4O[C@H](CO)[C@@H](O[C@H]5O[C@H](CO)[C@@H](O[C@H]6O[C@H](CO)[C@@H](O)[C@H](O)[C@@H]6O)[C@H](O)[C@@H]5O)[C@H](O)[C@@H]4O)[C@@H](O[C@H]4O[C@H](CO)[C@@H](O[C@H]5O[C@H](CO)[C@@H](O)[C@H](O)[C@H]5O)[C@H](O)[C@H]4O)[C@H](O)[C@H]3O)[C@H](O)[C@H]2O)[C@H](O)[C@H]1O)[C@H](O)CO. The van der Waals surface area contributed by atoms with E-state index in [9.17, 15) is 153 Å². The molecule has 0 aliphatic carbocycles. The molecule has 0 bridgehead atoms. The average molecular weight is 1480 g/mol. The lowest BCUT2D eigenvalue weighted by Crippen LogP contribution is -2.68. The number of aldehydes is 1. The Kier molecular flexibility index (Phi) is 30.6. The van der Waals surface area contributed by atoms with Gasteiger partial charge in [-0.25, -0.2) is 0 Å². The minimum Gasteiger partial charge on any atom is -0.394 e. The molecule has 46 heteroatoms. The molecule has 46 nitrogen and oxygen atoms in total. The molecule has 8 aliphatic rings. The summed E-state index contributed by atoms with van der Waals surface area (Å²) in [6, 6.07) is 0. The number of carbonyl (C=O) groups is 1. The third-order valence-electron chi connectivity index (χ3n) is 18.3. The minimum atomic E-state index is -2.45. The van der Waals surface area contributed by atoms with Crippen LogP contribution in [0.4, 0.5) is 0 Å². The van der Waals surface area contributed by atoms with Crippen molar-refractivity contribution in [1.82, 2.24) is 0 Å². The van der Waals surface area contributed by atoms with E-state index in [4.69, 9.17) is 75.8 Å². The fourth-order valence-corrected chi connectivity index (χ4v) is 12.4. The second-order valence-corrected chi connectivity index (χ2v) is 24.9. The van der Waals surface area contributed by atoms with E-state index in [1.807, 2.05) is 0 Å². The van der Waals surface area contributed by atoms with E-state index >= 15 is 0 Å². The van der Waals surface area contributed by atoms with Crippen LogP contribution in [-0.2, 0) is 80.6 Å². The standard InChI is InChI=1S/C54H92O46/c55-1-11(64)21(66)40(12(65)2-56)94-50-35(80)27(72)44(16(6-60)89-50)98-52-37(82)29(74)45(19(9-63)91-52)99-54-39(84)31(76)46(100-53-38(83)30(75)43(18(8-62)92-53)96-49-33(78)25(70)23(68)14(4-58)87-49)20(93-54)10-85-47-34(79)26(71)41(15(5-59)88-47)97-51-36(81)28(73)42(17(7-61)90-51)95-48-32(77)24(69)22(67)13(3-57)86-48/h1,11-54,56-84H,2-10H2/t11-,12+,13+,14+,15+,16+,17+,18+,19+,20+,21+,22+,23+,24-,25-,26+,27+,28+,29+,30+,31+,32-,33+,34-,35+,36-,37+,38+,39+,40+,41+,42+,43+,44+,45+,46+,47-,48+,49+,50+,51+,52+,53+,54+/m0/s1. The highest BCUT2D eigenvalue weighted by Gasteiger charge is 2.60. The van der Waals surface area contributed by atoms with Crippen LogP contribution in [0.1, 0.15) is 0 Å². The van der Waals surface area contributed by atoms with E-state index in [1.54, 1.807) is 0 Å². The number of carbonyl (C=O) groups excluding carboxylic acids is 1. The van der Waals surface area contributed by atoms with Crippen molar-refractivity contribution in [2.24, 2.45) is 0 Å². The molecule has 0 saturated carbocycles. The molecular formula is C54H92O46. The van der Waals surface area contributed by atoms with Gasteiger partial charge in [-0.3, -0.25) is 0 Å². The van der Waals surface area contributed by atoms with E-state index in [2.05, 4.69) is 0 Å². The predicted octanol–water partition coefficient (Wildman–Crippen LogP) is -20.8. The maximum absolute atomic E-state index is 11.9. The van der Waals surface area contributed by atoms with Crippen LogP contribution in [0.15, 0.2) is 0 Å². The summed E-state index contributed by atoms with van der Waals surface area (Å²) in [6.45, 7) is -9.77. The first-order valence-corrected chi connectivity index (χ1v) is 31.5. The van der Waals surface area contributed by atoms with E-state index in [-0.39, 0.29) is 6.29 Å². The van der Waals surface area contributed by atoms with Crippen LogP contribution >= 0.6 is 0 Å². The summed E-state index contributed by atoms with van der Waals surface area (Å²) >= 11 is 0. The monoisotopic (exact) mass is 1480 g/mol. The van der Waals surface area contributed by atoms with Gasteiger partial charge in [0, 0.05) is 0 Å². The molecule has 100 heavy (non-hydrogen) atoms. The van der Waals surface area contributed by atoms with Gasteiger partial charge >= 0.3 is 0 Å². The van der Waals surface area contributed by atoms with Gasteiger partial charge < -0.3 is 229 Å². The molecule has 0 aromatic heterocycles. The molecule has 8 saturated heterocycles. The minimum absolute atomic E-state index is 0.162. The van der Waals surface area contributed by atoms with Crippen molar-refractivity contribution in [3.8, 4) is 0 Å². The summed E-state index contributed by atoms with van der Waals surface area (Å²) in [6.07, 6.45) is -91.9. The Hall–Kier alpha value is -2.13. The van der Waals surface area contributed by atoms with Crippen molar-refractivity contribution in [3.05, 3.63) is 0 Å². The number of hydrogen-bond acceptors (Lipinski definition) is 46. The van der Waals surface area contributed by atoms with E-state index in [1.165, 1.54) is 0 Å². The Labute approximate surface area is 563 Å². The molecule has 44 atom stereocenters. The molecule has 8 fully saturated rings. The predicted molar refractivity (Wildman–Crippen MR) is 298 cm³/mol. The summed E-state index contributed by atoms with van der Waals surface area (Å²) in [5, 5.41) is 311. The fourth-order valence-electron chi connectivity index (χ4n) is 12.4. The Morgan fingerprint density at radius 1 is 0.280 bits per heavy atom. The highest BCUT2D eigenvalue weighted by Crippen LogP contribution is 2.39. The Morgan fingerprint density at radius 2 is 0.510 bits per heavy atom. The molecule has 0 amide bonds. The summed E-state index contributed by atoms with van der Waals surface area (Å²) in [7, 11) is 0. The average Bonchev–Trinajstić information content (AvgIpc) is 0.779. The highest BCUT2D eigenvalue weighted by atomic mass is 16.8. The number of aliphatic hydroxyl groups excluding tert-OH is 29. The Bertz CT molecular complexity index is 2430. The lowest BCUT2D eigenvalue weighted by atomic mass is 9.95. The third kappa shape index (κ3) is 17.7. The van der Waals surface area contributed by atoms with E-state index in [0.29, 0.717) is 0 Å². The molecule has 8 heterocycles. The van der Waals surface area contributed by atoms with Crippen molar-refractivity contribution in [2.45, 2.75) is 270 Å². The smallest absolute Gasteiger partial charge is 0.187 e. The lowest BCUT2D eigenvalue weighted by Gasteiger charge is -2.50. The molecule has 0 aromatic carbocycles.